The van der Waals surface area contributed by atoms with E-state index in [2.05, 4.69) is 12.2 Å². The molecule has 1 saturated carbocycles. The molecule has 0 aromatic heterocycles. The van der Waals surface area contributed by atoms with E-state index < -0.39 is 0 Å². The fourth-order valence-corrected chi connectivity index (χ4v) is 2.27. The number of nitrogen functional groups attached to an aromatic ring is 1. The van der Waals surface area contributed by atoms with Crippen molar-refractivity contribution in [2.45, 2.75) is 33.1 Å². The Bertz CT molecular complexity index is 436. The van der Waals surface area contributed by atoms with E-state index in [1.54, 1.807) is 6.07 Å². The van der Waals surface area contributed by atoms with Gasteiger partial charge in [0, 0.05) is 23.5 Å². The van der Waals surface area contributed by atoms with Gasteiger partial charge in [-0.1, -0.05) is 13.3 Å². The van der Waals surface area contributed by atoms with E-state index in [4.69, 9.17) is 5.73 Å². The van der Waals surface area contributed by atoms with Crippen molar-refractivity contribution >= 4 is 17.2 Å². The van der Waals surface area contributed by atoms with Crippen LogP contribution in [-0.2, 0) is 0 Å². The maximum atomic E-state index is 11.2. The van der Waals surface area contributed by atoms with E-state index >= 15 is 0 Å². The first-order valence-electron chi connectivity index (χ1n) is 6.15. The summed E-state index contributed by atoms with van der Waals surface area (Å²) in [7, 11) is 0. The highest BCUT2D eigenvalue weighted by molar-refractivity contribution is 5.99. The molecule has 1 aliphatic carbocycles. The highest BCUT2D eigenvalue weighted by Gasteiger charge is 2.31. The van der Waals surface area contributed by atoms with Crippen LogP contribution in [0.1, 0.15) is 43.5 Å². The molecule has 3 heteroatoms. The lowest BCUT2D eigenvalue weighted by Crippen LogP contribution is -2.33. The number of nitrogens with two attached hydrogens (primary N) is 1. The molecule has 3 N–H and O–H groups in total. The number of Topliss-reactive ketones (excluding diaryl/α,β-unsaturated/α-hetero) is 1. The molecule has 17 heavy (non-hydrogen) atoms. The summed E-state index contributed by atoms with van der Waals surface area (Å²) in [5.41, 5.74) is 8.45. The summed E-state index contributed by atoms with van der Waals surface area (Å²) >= 11 is 0. The van der Waals surface area contributed by atoms with E-state index in [0.29, 0.717) is 16.7 Å². The fraction of sp³-hybridized carbons (Fsp3) is 0.500. The number of hydrogen-bond donors (Lipinski definition) is 2. The molecule has 0 radical (unpaired) electrons. The zero-order valence-electron chi connectivity index (χ0n) is 10.5. The van der Waals surface area contributed by atoms with E-state index in [1.165, 1.54) is 26.2 Å². The van der Waals surface area contributed by atoms with Crippen LogP contribution in [0.3, 0.4) is 0 Å². The number of ketones is 1. The molecular weight excluding hydrogens is 212 g/mol. The molecule has 1 aromatic rings. The molecule has 0 amide bonds. The number of rotatable bonds is 4. The van der Waals surface area contributed by atoms with Crippen molar-refractivity contribution in [2.75, 3.05) is 17.6 Å². The minimum atomic E-state index is 0.0139. The Hall–Kier alpha value is -1.51. The molecule has 0 bridgehead atoms. The van der Waals surface area contributed by atoms with Crippen LogP contribution in [-0.4, -0.2) is 12.3 Å². The third-order valence-electron chi connectivity index (χ3n) is 3.71. The van der Waals surface area contributed by atoms with E-state index in [1.807, 2.05) is 12.1 Å². The molecule has 1 aliphatic rings. The van der Waals surface area contributed by atoms with Crippen molar-refractivity contribution in [3.8, 4) is 0 Å². The fourth-order valence-electron chi connectivity index (χ4n) is 2.27. The SMILES string of the molecule is CC(=O)c1ccc(NCC2(C)CCC2)cc1N. The number of hydrogen-bond acceptors (Lipinski definition) is 3. The van der Waals surface area contributed by atoms with Gasteiger partial charge in [0.2, 0.25) is 0 Å². The molecule has 2 rings (SSSR count). The van der Waals surface area contributed by atoms with E-state index in [0.717, 1.165) is 12.2 Å². The average molecular weight is 232 g/mol. The van der Waals surface area contributed by atoms with Gasteiger partial charge >= 0.3 is 0 Å². The van der Waals surface area contributed by atoms with Crippen LogP contribution in [0.4, 0.5) is 11.4 Å². The Labute approximate surface area is 102 Å². The molecule has 0 spiro atoms. The monoisotopic (exact) mass is 232 g/mol. The summed E-state index contributed by atoms with van der Waals surface area (Å²) in [4.78, 5) is 11.2. The molecule has 1 aromatic carbocycles. The van der Waals surface area contributed by atoms with Gasteiger partial charge in [0.15, 0.2) is 5.78 Å². The van der Waals surface area contributed by atoms with Crippen LogP contribution in [0.25, 0.3) is 0 Å². The Morgan fingerprint density at radius 1 is 1.47 bits per heavy atom. The molecular formula is C14H20N2O. The first-order valence-corrected chi connectivity index (χ1v) is 6.15. The lowest BCUT2D eigenvalue weighted by Gasteiger charge is -2.38. The minimum absolute atomic E-state index is 0.0139. The summed E-state index contributed by atoms with van der Waals surface area (Å²) in [5.74, 6) is 0.0139. The summed E-state index contributed by atoms with van der Waals surface area (Å²) in [6.07, 6.45) is 3.92. The molecule has 0 unspecified atom stereocenters. The summed E-state index contributed by atoms with van der Waals surface area (Å²) in [6.45, 7) is 4.82. The Kier molecular flexibility index (Phi) is 3.09. The van der Waals surface area contributed by atoms with Crippen molar-refractivity contribution in [3.05, 3.63) is 23.8 Å². The van der Waals surface area contributed by atoms with Crippen LogP contribution in [0, 0.1) is 5.41 Å². The number of benzene rings is 1. The lowest BCUT2D eigenvalue weighted by atomic mass is 9.70. The molecule has 1 fully saturated rings. The summed E-state index contributed by atoms with van der Waals surface area (Å²) < 4.78 is 0. The van der Waals surface area contributed by atoms with Gasteiger partial charge in [0.05, 0.1) is 0 Å². The zero-order chi connectivity index (χ0) is 12.5. The average Bonchev–Trinajstić information content (AvgIpc) is 2.23. The predicted molar refractivity (Wildman–Crippen MR) is 71.3 cm³/mol. The zero-order valence-corrected chi connectivity index (χ0v) is 10.5. The smallest absolute Gasteiger partial charge is 0.161 e. The van der Waals surface area contributed by atoms with Crippen LogP contribution >= 0.6 is 0 Å². The molecule has 0 saturated heterocycles. The molecule has 3 nitrogen and oxygen atoms in total. The Morgan fingerprint density at radius 2 is 2.18 bits per heavy atom. The Morgan fingerprint density at radius 3 is 2.65 bits per heavy atom. The lowest BCUT2D eigenvalue weighted by molar-refractivity contribution is 0.101. The van der Waals surface area contributed by atoms with E-state index in [-0.39, 0.29) is 5.78 Å². The largest absolute Gasteiger partial charge is 0.398 e. The molecule has 0 heterocycles. The van der Waals surface area contributed by atoms with Crippen molar-refractivity contribution in [1.82, 2.24) is 0 Å². The number of carbonyl (C=O) groups excluding carboxylic acids is 1. The van der Waals surface area contributed by atoms with Gasteiger partial charge in [0.25, 0.3) is 0 Å². The normalized spacial score (nSPS) is 17.3. The van der Waals surface area contributed by atoms with Crippen molar-refractivity contribution in [1.29, 1.82) is 0 Å². The van der Waals surface area contributed by atoms with Crippen LogP contribution in [0.5, 0.6) is 0 Å². The topological polar surface area (TPSA) is 55.1 Å². The maximum absolute atomic E-state index is 11.2. The van der Waals surface area contributed by atoms with Crippen molar-refractivity contribution < 1.29 is 4.79 Å². The predicted octanol–water partition coefficient (Wildman–Crippen LogP) is 3.07. The van der Waals surface area contributed by atoms with Gasteiger partial charge in [0.1, 0.15) is 0 Å². The number of carbonyl (C=O) groups is 1. The second kappa shape index (κ2) is 4.40. The number of nitrogens with one attached hydrogen (secondary N) is 1. The second-order valence-corrected chi connectivity index (χ2v) is 5.38. The third-order valence-corrected chi connectivity index (χ3v) is 3.71. The maximum Gasteiger partial charge on any atom is 0.161 e. The second-order valence-electron chi connectivity index (χ2n) is 5.38. The van der Waals surface area contributed by atoms with Gasteiger partial charge < -0.3 is 11.1 Å². The highest BCUT2D eigenvalue weighted by Crippen LogP contribution is 2.40. The van der Waals surface area contributed by atoms with E-state index in [9.17, 15) is 4.79 Å². The van der Waals surface area contributed by atoms with Crippen LogP contribution in [0.15, 0.2) is 18.2 Å². The molecule has 0 aliphatic heterocycles. The van der Waals surface area contributed by atoms with Gasteiger partial charge in [-0.05, 0) is 43.4 Å². The van der Waals surface area contributed by atoms with Gasteiger partial charge in [-0.2, -0.15) is 0 Å². The van der Waals surface area contributed by atoms with Crippen molar-refractivity contribution in [3.63, 3.8) is 0 Å². The summed E-state index contributed by atoms with van der Waals surface area (Å²) in [5, 5.41) is 3.40. The highest BCUT2D eigenvalue weighted by atomic mass is 16.1. The van der Waals surface area contributed by atoms with Gasteiger partial charge in [-0.15, -0.1) is 0 Å². The van der Waals surface area contributed by atoms with Crippen molar-refractivity contribution in [2.24, 2.45) is 5.41 Å². The van der Waals surface area contributed by atoms with Gasteiger partial charge in [-0.25, -0.2) is 0 Å². The molecule has 92 valence electrons. The summed E-state index contributed by atoms with van der Waals surface area (Å²) in [6, 6.07) is 5.57. The van der Waals surface area contributed by atoms with Gasteiger partial charge in [-0.3, -0.25) is 4.79 Å². The molecule has 0 atom stereocenters. The Balaban J connectivity index is 2.02. The minimum Gasteiger partial charge on any atom is -0.398 e. The first-order chi connectivity index (χ1) is 8.00. The quantitative estimate of drug-likeness (QED) is 0.619. The third kappa shape index (κ3) is 2.60. The number of anilines is 2. The first kappa shape index (κ1) is 12.0. The van der Waals surface area contributed by atoms with Crippen LogP contribution < -0.4 is 11.1 Å². The standard InChI is InChI=1S/C14H20N2O/c1-10(17)12-5-4-11(8-13(12)15)16-9-14(2)6-3-7-14/h4-5,8,16H,3,6-7,9,15H2,1-2H3. The van der Waals surface area contributed by atoms with Crippen LogP contribution in [0.2, 0.25) is 0 Å².